The number of hydrogen-bond acceptors (Lipinski definition) is 5. The second-order valence-corrected chi connectivity index (χ2v) is 6.06. The van der Waals surface area contributed by atoms with Gasteiger partial charge in [0.05, 0.1) is 13.2 Å². The van der Waals surface area contributed by atoms with Crippen molar-refractivity contribution in [3.8, 4) is 0 Å². The van der Waals surface area contributed by atoms with E-state index in [1.54, 1.807) is 7.11 Å². The summed E-state index contributed by atoms with van der Waals surface area (Å²) in [6.45, 7) is 8.83. The largest absolute Gasteiger partial charge is 0.382 e. The summed E-state index contributed by atoms with van der Waals surface area (Å²) in [4.78, 5) is 16.4. The Labute approximate surface area is 144 Å². The SMILES string of the molecule is COCCOCC(=O)NCCN1CCN(c2cccc(C)c2)CC1. The Morgan fingerprint density at radius 3 is 2.71 bits per heavy atom. The molecule has 1 N–H and O–H groups in total. The van der Waals surface area contributed by atoms with E-state index in [0.717, 1.165) is 32.7 Å². The molecule has 0 radical (unpaired) electrons. The number of nitrogens with zero attached hydrogens (tertiary/aromatic N) is 2. The molecule has 24 heavy (non-hydrogen) atoms. The van der Waals surface area contributed by atoms with Crippen molar-refractivity contribution in [1.82, 2.24) is 10.2 Å². The number of amides is 1. The van der Waals surface area contributed by atoms with E-state index >= 15 is 0 Å². The Bertz CT molecular complexity index is 502. The van der Waals surface area contributed by atoms with Gasteiger partial charge in [-0.3, -0.25) is 9.69 Å². The lowest BCUT2D eigenvalue weighted by Gasteiger charge is -2.36. The molecule has 0 atom stereocenters. The summed E-state index contributed by atoms with van der Waals surface area (Å²) in [6, 6.07) is 8.65. The van der Waals surface area contributed by atoms with Gasteiger partial charge in [0.25, 0.3) is 0 Å². The number of anilines is 1. The fourth-order valence-electron chi connectivity index (χ4n) is 2.77. The average Bonchev–Trinajstić information content (AvgIpc) is 2.59. The predicted octanol–water partition coefficient (Wildman–Crippen LogP) is 0.896. The molecule has 2 rings (SSSR count). The van der Waals surface area contributed by atoms with Crippen molar-refractivity contribution in [3.63, 3.8) is 0 Å². The molecule has 1 amide bonds. The Hall–Kier alpha value is -1.63. The normalized spacial score (nSPS) is 15.5. The molecule has 1 aliphatic heterocycles. The van der Waals surface area contributed by atoms with E-state index in [1.165, 1.54) is 11.3 Å². The highest BCUT2D eigenvalue weighted by molar-refractivity contribution is 5.77. The van der Waals surface area contributed by atoms with Crippen molar-refractivity contribution in [2.24, 2.45) is 0 Å². The van der Waals surface area contributed by atoms with Crippen LogP contribution in [-0.4, -0.2) is 77.0 Å². The zero-order chi connectivity index (χ0) is 17.2. The monoisotopic (exact) mass is 335 g/mol. The van der Waals surface area contributed by atoms with E-state index < -0.39 is 0 Å². The molecule has 0 aromatic heterocycles. The van der Waals surface area contributed by atoms with Crippen LogP contribution >= 0.6 is 0 Å². The molecule has 134 valence electrons. The van der Waals surface area contributed by atoms with Crippen LogP contribution in [0.25, 0.3) is 0 Å². The number of methoxy groups -OCH3 is 1. The lowest BCUT2D eigenvalue weighted by molar-refractivity contribution is -0.126. The zero-order valence-corrected chi connectivity index (χ0v) is 14.8. The third-order valence-electron chi connectivity index (χ3n) is 4.15. The molecule has 6 heteroatoms. The first kappa shape index (κ1) is 18.7. The van der Waals surface area contributed by atoms with E-state index in [9.17, 15) is 4.79 Å². The quantitative estimate of drug-likeness (QED) is 0.680. The molecule has 1 aliphatic rings. The Kier molecular flexibility index (Phi) is 8.01. The second kappa shape index (κ2) is 10.3. The Balaban J connectivity index is 1.59. The van der Waals surface area contributed by atoms with E-state index in [4.69, 9.17) is 9.47 Å². The minimum atomic E-state index is -0.0653. The molecular weight excluding hydrogens is 306 g/mol. The minimum Gasteiger partial charge on any atom is -0.382 e. The molecular formula is C18H29N3O3. The number of carbonyl (C=O) groups excluding carboxylic acids is 1. The zero-order valence-electron chi connectivity index (χ0n) is 14.8. The summed E-state index contributed by atoms with van der Waals surface area (Å²) in [5.74, 6) is -0.0653. The Morgan fingerprint density at radius 2 is 2.00 bits per heavy atom. The van der Waals surface area contributed by atoms with Gasteiger partial charge in [0, 0.05) is 52.1 Å². The van der Waals surface area contributed by atoms with Gasteiger partial charge in [-0.15, -0.1) is 0 Å². The number of piperazine rings is 1. The molecule has 1 aromatic rings. The van der Waals surface area contributed by atoms with Crippen molar-refractivity contribution in [2.75, 3.05) is 71.1 Å². The van der Waals surface area contributed by atoms with Crippen molar-refractivity contribution >= 4 is 11.6 Å². The van der Waals surface area contributed by atoms with Crippen LogP contribution in [0, 0.1) is 6.92 Å². The molecule has 0 saturated carbocycles. The highest BCUT2D eigenvalue weighted by Gasteiger charge is 2.17. The first-order chi connectivity index (χ1) is 11.7. The highest BCUT2D eigenvalue weighted by Crippen LogP contribution is 2.17. The third kappa shape index (κ3) is 6.47. The van der Waals surface area contributed by atoms with Gasteiger partial charge in [0.1, 0.15) is 6.61 Å². The maximum absolute atomic E-state index is 11.6. The summed E-state index contributed by atoms with van der Waals surface area (Å²) < 4.78 is 10.1. The van der Waals surface area contributed by atoms with Gasteiger partial charge in [-0.1, -0.05) is 12.1 Å². The number of nitrogens with one attached hydrogen (secondary N) is 1. The lowest BCUT2D eigenvalue weighted by Crippen LogP contribution is -2.48. The van der Waals surface area contributed by atoms with Crippen LogP contribution in [0.5, 0.6) is 0 Å². The maximum atomic E-state index is 11.6. The van der Waals surface area contributed by atoms with Gasteiger partial charge in [0.2, 0.25) is 5.91 Å². The van der Waals surface area contributed by atoms with Crippen LogP contribution < -0.4 is 10.2 Å². The first-order valence-corrected chi connectivity index (χ1v) is 8.56. The fourth-order valence-corrected chi connectivity index (χ4v) is 2.77. The van der Waals surface area contributed by atoms with E-state index in [0.29, 0.717) is 19.8 Å². The second-order valence-electron chi connectivity index (χ2n) is 6.06. The molecule has 1 heterocycles. The average molecular weight is 335 g/mol. The van der Waals surface area contributed by atoms with Gasteiger partial charge in [-0.25, -0.2) is 0 Å². The third-order valence-corrected chi connectivity index (χ3v) is 4.15. The number of hydrogen-bond donors (Lipinski definition) is 1. The molecule has 1 saturated heterocycles. The van der Waals surface area contributed by atoms with Crippen molar-refractivity contribution in [2.45, 2.75) is 6.92 Å². The van der Waals surface area contributed by atoms with Gasteiger partial charge in [-0.2, -0.15) is 0 Å². The highest BCUT2D eigenvalue weighted by atomic mass is 16.5. The topological polar surface area (TPSA) is 54.0 Å². The number of rotatable bonds is 9. The number of carbonyl (C=O) groups is 1. The van der Waals surface area contributed by atoms with Gasteiger partial charge in [-0.05, 0) is 24.6 Å². The van der Waals surface area contributed by atoms with E-state index in [2.05, 4.69) is 46.3 Å². The summed E-state index contributed by atoms with van der Waals surface area (Å²) in [6.07, 6.45) is 0. The molecule has 1 fully saturated rings. The van der Waals surface area contributed by atoms with Crippen LogP contribution in [0.1, 0.15) is 5.56 Å². The lowest BCUT2D eigenvalue weighted by atomic mass is 10.2. The standard InChI is InChI=1S/C18H29N3O3/c1-16-4-3-5-17(14-16)21-10-8-20(9-11-21)7-6-19-18(22)15-24-13-12-23-2/h3-5,14H,6-13,15H2,1-2H3,(H,19,22). The summed E-state index contributed by atoms with van der Waals surface area (Å²) in [5, 5.41) is 2.90. The number of ether oxygens (including phenoxy) is 2. The van der Waals surface area contributed by atoms with Gasteiger partial charge in [0.15, 0.2) is 0 Å². The Morgan fingerprint density at radius 1 is 1.21 bits per heavy atom. The van der Waals surface area contributed by atoms with Crippen molar-refractivity contribution in [1.29, 1.82) is 0 Å². The van der Waals surface area contributed by atoms with E-state index in [1.807, 2.05) is 0 Å². The van der Waals surface area contributed by atoms with Crippen molar-refractivity contribution < 1.29 is 14.3 Å². The maximum Gasteiger partial charge on any atom is 0.246 e. The van der Waals surface area contributed by atoms with Crippen LogP contribution in [0.3, 0.4) is 0 Å². The fraction of sp³-hybridized carbons (Fsp3) is 0.611. The van der Waals surface area contributed by atoms with Crippen LogP contribution in [0.2, 0.25) is 0 Å². The van der Waals surface area contributed by atoms with Gasteiger partial charge >= 0.3 is 0 Å². The molecule has 0 unspecified atom stereocenters. The molecule has 0 spiro atoms. The number of aryl methyl sites for hydroxylation is 1. The summed E-state index contributed by atoms with van der Waals surface area (Å²) >= 11 is 0. The molecule has 1 aromatic carbocycles. The number of benzene rings is 1. The van der Waals surface area contributed by atoms with Gasteiger partial charge < -0.3 is 19.7 Å². The minimum absolute atomic E-state index is 0.0653. The molecule has 0 bridgehead atoms. The van der Waals surface area contributed by atoms with Crippen molar-refractivity contribution in [3.05, 3.63) is 29.8 Å². The first-order valence-electron chi connectivity index (χ1n) is 8.56. The van der Waals surface area contributed by atoms with Crippen LogP contribution in [0.15, 0.2) is 24.3 Å². The van der Waals surface area contributed by atoms with Crippen LogP contribution in [0.4, 0.5) is 5.69 Å². The summed E-state index contributed by atoms with van der Waals surface area (Å²) in [7, 11) is 1.61. The molecule has 6 nitrogen and oxygen atoms in total. The molecule has 0 aliphatic carbocycles. The summed E-state index contributed by atoms with van der Waals surface area (Å²) in [5.41, 5.74) is 2.60. The van der Waals surface area contributed by atoms with Crippen LogP contribution in [-0.2, 0) is 14.3 Å². The smallest absolute Gasteiger partial charge is 0.246 e. The predicted molar refractivity (Wildman–Crippen MR) is 95.5 cm³/mol. The van der Waals surface area contributed by atoms with E-state index in [-0.39, 0.29) is 12.5 Å².